The highest BCUT2D eigenvalue weighted by atomic mass is 16.5. The second kappa shape index (κ2) is 5.76. The van der Waals surface area contributed by atoms with E-state index in [1.165, 1.54) is 24.0 Å². The van der Waals surface area contributed by atoms with E-state index >= 15 is 0 Å². The van der Waals surface area contributed by atoms with Crippen LogP contribution < -0.4 is 15.4 Å². The van der Waals surface area contributed by atoms with Crippen LogP contribution in [0.2, 0.25) is 0 Å². The molecule has 4 nitrogen and oxygen atoms in total. The Balaban J connectivity index is 1.31. The summed E-state index contributed by atoms with van der Waals surface area (Å²) < 4.78 is 6.02. The van der Waals surface area contributed by atoms with Crippen LogP contribution in [0.1, 0.15) is 43.7 Å². The van der Waals surface area contributed by atoms with Crippen molar-refractivity contribution in [2.24, 2.45) is 17.8 Å². The fourth-order valence-corrected chi connectivity index (χ4v) is 4.02. The quantitative estimate of drug-likeness (QED) is 0.844. The molecule has 1 heterocycles. The van der Waals surface area contributed by atoms with E-state index in [0.717, 1.165) is 24.8 Å². The molecule has 3 aliphatic rings. The molecule has 2 N–H and O–H groups in total. The third-order valence-electron chi connectivity index (χ3n) is 5.69. The molecule has 0 aromatic heterocycles. The van der Waals surface area contributed by atoms with Crippen LogP contribution in [0.4, 0.5) is 0 Å². The third-order valence-corrected chi connectivity index (χ3v) is 5.69. The molecule has 4 heteroatoms. The average Bonchev–Trinajstić information content (AvgIpc) is 3.44. The molecule has 1 aromatic carbocycles. The Morgan fingerprint density at radius 3 is 2.62 bits per heavy atom. The summed E-state index contributed by atoms with van der Waals surface area (Å²) in [4.78, 5) is 12.4. The van der Waals surface area contributed by atoms with Gasteiger partial charge in [0.25, 0.3) is 0 Å². The molecule has 2 saturated carbocycles. The number of piperidine rings is 1. The Morgan fingerprint density at radius 2 is 2.00 bits per heavy atom. The maximum atomic E-state index is 12.4. The summed E-state index contributed by atoms with van der Waals surface area (Å²) in [6.07, 6.45) is 2.63. The first-order valence-corrected chi connectivity index (χ1v) is 9.21. The molecule has 2 aliphatic carbocycles. The van der Waals surface area contributed by atoms with Gasteiger partial charge in [0.2, 0.25) is 5.91 Å². The topological polar surface area (TPSA) is 50.4 Å². The number of ether oxygens (including phenoxy) is 1. The Labute approximate surface area is 144 Å². The number of fused-ring (bicyclic) bond motifs is 1. The highest BCUT2D eigenvalue weighted by molar-refractivity contribution is 5.83. The predicted octanol–water partition coefficient (Wildman–Crippen LogP) is 2.61. The fourth-order valence-electron chi connectivity index (χ4n) is 4.02. The zero-order chi connectivity index (χ0) is 16.9. The lowest BCUT2D eigenvalue weighted by atomic mass is 10.1. The van der Waals surface area contributed by atoms with Crippen molar-refractivity contribution in [3.05, 3.63) is 29.3 Å². The van der Waals surface area contributed by atoms with Gasteiger partial charge in [-0.15, -0.1) is 0 Å². The Morgan fingerprint density at radius 1 is 1.29 bits per heavy atom. The maximum absolute atomic E-state index is 12.4. The van der Waals surface area contributed by atoms with Crippen molar-refractivity contribution >= 4 is 5.91 Å². The number of benzene rings is 1. The molecular formula is C20H28N2O2. The Hall–Kier alpha value is -1.55. The van der Waals surface area contributed by atoms with Gasteiger partial charge in [0.15, 0.2) is 0 Å². The number of aryl methyl sites for hydroxylation is 1. The van der Waals surface area contributed by atoms with Crippen molar-refractivity contribution in [1.82, 2.24) is 10.6 Å². The van der Waals surface area contributed by atoms with Gasteiger partial charge in [0.05, 0.1) is 5.54 Å². The van der Waals surface area contributed by atoms with Crippen molar-refractivity contribution < 1.29 is 9.53 Å². The summed E-state index contributed by atoms with van der Waals surface area (Å²) in [5.41, 5.74) is 2.26. The van der Waals surface area contributed by atoms with Gasteiger partial charge in [-0.2, -0.15) is 0 Å². The highest BCUT2D eigenvalue weighted by Gasteiger charge is 2.57. The molecule has 130 valence electrons. The van der Waals surface area contributed by atoms with Gasteiger partial charge in [-0.25, -0.2) is 0 Å². The molecule has 24 heavy (non-hydrogen) atoms. The highest BCUT2D eigenvalue weighted by Crippen LogP contribution is 2.48. The first kappa shape index (κ1) is 15.9. The lowest BCUT2D eigenvalue weighted by Crippen LogP contribution is -2.49. The monoisotopic (exact) mass is 328 g/mol. The van der Waals surface area contributed by atoms with Crippen LogP contribution >= 0.6 is 0 Å². The average molecular weight is 328 g/mol. The molecule has 1 amide bonds. The van der Waals surface area contributed by atoms with Gasteiger partial charge in [-0.3, -0.25) is 4.79 Å². The lowest BCUT2D eigenvalue weighted by molar-refractivity contribution is -0.125. The molecule has 3 fully saturated rings. The second-order valence-corrected chi connectivity index (χ2v) is 8.47. The van der Waals surface area contributed by atoms with E-state index < -0.39 is 0 Å². The SMILES string of the molecule is Cc1cc(C2CC2)ccc1OCC(C)(C)NC(=O)C1[C@H]2CNC[C@@H]12. The Bertz CT molecular complexity index is 641. The van der Waals surface area contributed by atoms with E-state index in [1.54, 1.807) is 0 Å². The summed E-state index contributed by atoms with van der Waals surface area (Å²) in [7, 11) is 0. The summed E-state index contributed by atoms with van der Waals surface area (Å²) >= 11 is 0. The molecule has 1 aromatic rings. The molecule has 3 atom stereocenters. The Kier molecular flexibility index (Phi) is 3.83. The van der Waals surface area contributed by atoms with E-state index in [4.69, 9.17) is 4.74 Å². The van der Waals surface area contributed by atoms with Gasteiger partial charge in [-0.1, -0.05) is 12.1 Å². The molecule has 1 saturated heterocycles. The maximum Gasteiger partial charge on any atom is 0.224 e. The molecule has 4 rings (SSSR count). The lowest BCUT2D eigenvalue weighted by Gasteiger charge is -2.27. The van der Waals surface area contributed by atoms with E-state index in [1.807, 2.05) is 13.8 Å². The van der Waals surface area contributed by atoms with Crippen LogP contribution in [0.25, 0.3) is 0 Å². The van der Waals surface area contributed by atoms with Crippen molar-refractivity contribution in [3.8, 4) is 5.75 Å². The molecule has 0 radical (unpaired) electrons. The smallest absolute Gasteiger partial charge is 0.224 e. The van der Waals surface area contributed by atoms with Gasteiger partial charge in [-0.05, 0) is 81.6 Å². The van der Waals surface area contributed by atoms with Crippen LogP contribution in [0.15, 0.2) is 18.2 Å². The minimum Gasteiger partial charge on any atom is -0.491 e. The second-order valence-electron chi connectivity index (χ2n) is 8.47. The van der Waals surface area contributed by atoms with Gasteiger partial charge >= 0.3 is 0 Å². The van der Waals surface area contributed by atoms with Crippen LogP contribution in [0.3, 0.4) is 0 Å². The van der Waals surface area contributed by atoms with Crippen LogP contribution in [0.5, 0.6) is 5.75 Å². The zero-order valence-electron chi connectivity index (χ0n) is 14.9. The molecule has 0 bridgehead atoms. The van der Waals surface area contributed by atoms with Gasteiger partial charge in [0, 0.05) is 5.92 Å². The van der Waals surface area contributed by atoms with Crippen molar-refractivity contribution in [2.45, 2.75) is 45.1 Å². The van der Waals surface area contributed by atoms with Crippen LogP contribution in [0, 0.1) is 24.7 Å². The van der Waals surface area contributed by atoms with E-state index in [-0.39, 0.29) is 17.4 Å². The third kappa shape index (κ3) is 3.16. The number of hydrogen-bond acceptors (Lipinski definition) is 3. The van der Waals surface area contributed by atoms with E-state index in [0.29, 0.717) is 18.4 Å². The van der Waals surface area contributed by atoms with E-state index in [2.05, 4.69) is 35.8 Å². The molecule has 0 spiro atoms. The minimum absolute atomic E-state index is 0.195. The largest absolute Gasteiger partial charge is 0.491 e. The van der Waals surface area contributed by atoms with Crippen molar-refractivity contribution in [1.29, 1.82) is 0 Å². The predicted molar refractivity (Wildman–Crippen MR) is 94.2 cm³/mol. The first-order valence-electron chi connectivity index (χ1n) is 9.21. The molecular weight excluding hydrogens is 300 g/mol. The number of carbonyl (C=O) groups excluding carboxylic acids is 1. The normalized spacial score (nSPS) is 28.4. The molecule has 1 unspecified atom stereocenters. The summed E-state index contributed by atoms with van der Waals surface area (Å²) in [6, 6.07) is 6.51. The number of carbonyl (C=O) groups is 1. The number of rotatable bonds is 6. The summed E-state index contributed by atoms with van der Waals surface area (Å²) in [5, 5.41) is 6.52. The summed E-state index contributed by atoms with van der Waals surface area (Å²) in [5.74, 6) is 3.21. The number of amides is 1. The first-order chi connectivity index (χ1) is 11.4. The van der Waals surface area contributed by atoms with Crippen molar-refractivity contribution in [2.75, 3.05) is 19.7 Å². The molecule has 1 aliphatic heterocycles. The van der Waals surface area contributed by atoms with Crippen LogP contribution in [-0.4, -0.2) is 31.1 Å². The standard InChI is InChI=1S/C20H28N2O2/c1-12-8-14(13-4-5-13)6-7-17(12)24-11-20(2,3)22-19(23)18-15-9-21-10-16(15)18/h6-8,13,15-16,18,21H,4-5,9-11H2,1-3H3,(H,22,23)/t15-,16+,18?. The zero-order valence-corrected chi connectivity index (χ0v) is 14.9. The minimum atomic E-state index is -0.358. The van der Waals surface area contributed by atoms with Crippen LogP contribution in [-0.2, 0) is 4.79 Å². The van der Waals surface area contributed by atoms with Gasteiger partial charge in [0.1, 0.15) is 12.4 Å². The van der Waals surface area contributed by atoms with Gasteiger partial charge < -0.3 is 15.4 Å². The summed E-state index contributed by atoms with van der Waals surface area (Å²) in [6.45, 7) is 8.65. The number of nitrogens with one attached hydrogen (secondary N) is 2. The fraction of sp³-hybridized carbons (Fsp3) is 0.650. The van der Waals surface area contributed by atoms with Crippen molar-refractivity contribution in [3.63, 3.8) is 0 Å². The van der Waals surface area contributed by atoms with E-state index in [9.17, 15) is 4.79 Å². The number of hydrogen-bond donors (Lipinski definition) is 2.